The molecule has 1 aliphatic heterocycles. The minimum absolute atomic E-state index is 0.0353. The van der Waals surface area contributed by atoms with Crippen molar-refractivity contribution in [3.05, 3.63) is 12.2 Å². The minimum atomic E-state index is -0.411. The summed E-state index contributed by atoms with van der Waals surface area (Å²) in [5, 5.41) is 2.93. The number of hydrogen-bond acceptors (Lipinski definition) is 2. The van der Waals surface area contributed by atoms with Crippen LogP contribution >= 0.6 is 0 Å². The normalized spacial score (nSPS) is 26.0. The maximum Gasteiger partial charge on any atom is 0.246 e. The monoisotopic (exact) mass is 280 g/mol. The first-order valence-corrected chi connectivity index (χ1v) is 7.46. The molecule has 20 heavy (non-hydrogen) atoms. The molecule has 1 fully saturated rings. The third-order valence-electron chi connectivity index (χ3n) is 3.98. The van der Waals surface area contributed by atoms with Crippen LogP contribution in [0, 0.1) is 11.3 Å². The second kappa shape index (κ2) is 6.42. The molecule has 4 nitrogen and oxygen atoms in total. The second-order valence-corrected chi connectivity index (χ2v) is 6.70. The number of hydrogen-bond donors (Lipinski definition) is 1. The van der Waals surface area contributed by atoms with Crippen LogP contribution in [0.2, 0.25) is 0 Å². The summed E-state index contributed by atoms with van der Waals surface area (Å²) in [7, 11) is 0. The molecular weight excluding hydrogens is 252 g/mol. The van der Waals surface area contributed by atoms with Crippen molar-refractivity contribution in [2.75, 3.05) is 6.54 Å². The SMILES string of the molecule is C/C=C/CN1C(=O)C(C(C)CC)NC(=O)C1C(C)(C)C. The average Bonchev–Trinajstić information content (AvgIpc) is 2.36. The molecule has 114 valence electrons. The lowest BCUT2D eigenvalue weighted by Crippen LogP contribution is -2.67. The highest BCUT2D eigenvalue weighted by molar-refractivity contribution is 5.97. The molecule has 1 heterocycles. The number of amides is 2. The van der Waals surface area contributed by atoms with E-state index in [1.807, 2.05) is 53.7 Å². The summed E-state index contributed by atoms with van der Waals surface area (Å²) in [6.07, 6.45) is 4.72. The number of allylic oxidation sites excluding steroid dienone is 1. The van der Waals surface area contributed by atoms with Crippen molar-refractivity contribution in [3.63, 3.8) is 0 Å². The first kappa shape index (κ1) is 16.7. The molecule has 1 aliphatic rings. The maximum absolute atomic E-state index is 12.7. The fourth-order valence-corrected chi connectivity index (χ4v) is 2.64. The Balaban J connectivity index is 3.10. The quantitative estimate of drug-likeness (QED) is 0.804. The van der Waals surface area contributed by atoms with E-state index < -0.39 is 12.1 Å². The molecule has 1 rings (SSSR count). The van der Waals surface area contributed by atoms with Crippen LogP contribution in [0.4, 0.5) is 0 Å². The van der Waals surface area contributed by atoms with Gasteiger partial charge in [0, 0.05) is 6.54 Å². The Labute approximate surface area is 122 Å². The molecule has 3 unspecified atom stereocenters. The molecule has 2 amide bonds. The molecule has 0 aromatic rings. The van der Waals surface area contributed by atoms with E-state index in [0.717, 1.165) is 6.42 Å². The Kier molecular flexibility index (Phi) is 5.37. The zero-order valence-corrected chi connectivity index (χ0v) is 13.6. The van der Waals surface area contributed by atoms with E-state index in [9.17, 15) is 9.59 Å². The van der Waals surface area contributed by atoms with Gasteiger partial charge in [-0.1, -0.05) is 53.2 Å². The zero-order valence-electron chi connectivity index (χ0n) is 13.6. The molecule has 0 radical (unpaired) electrons. The van der Waals surface area contributed by atoms with Crippen molar-refractivity contribution < 1.29 is 9.59 Å². The van der Waals surface area contributed by atoms with Gasteiger partial charge in [0.05, 0.1) is 0 Å². The number of carbonyl (C=O) groups is 2. The Bertz CT molecular complexity index is 396. The van der Waals surface area contributed by atoms with E-state index in [1.165, 1.54) is 0 Å². The summed E-state index contributed by atoms with van der Waals surface area (Å²) in [6.45, 7) is 12.5. The predicted octanol–water partition coefficient (Wildman–Crippen LogP) is 2.35. The maximum atomic E-state index is 12.7. The van der Waals surface area contributed by atoms with Gasteiger partial charge >= 0.3 is 0 Å². The van der Waals surface area contributed by atoms with E-state index >= 15 is 0 Å². The lowest BCUT2D eigenvalue weighted by molar-refractivity contribution is -0.154. The summed E-state index contributed by atoms with van der Waals surface area (Å²) in [6, 6.07) is -0.803. The van der Waals surface area contributed by atoms with E-state index in [2.05, 4.69) is 5.32 Å². The third-order valence-corrected chi connectivity index (χ3v) is 3.98. The summed E-state index contributed by atoms with van der Waals surface area (Å²) >= 11 is 0. The fourth-order valence-electron chi connectivity index (χ4n) is 2.64. The molecule has 0 aromatic heterocycles. The predicted molar refractivity (Wildman–Crippen MR) is 81.2 cm³/mol. The smallest absolute Gasteiger partial charge is 0.246 e. The van der Waals surface area contributed by atoms with Crippen LogP contribution in [-0.4, -0.2) is 35.3 Å². The van der Waals surface area contributed by atoms with Gasteiger partial charge in [-0.05, 0) is 18.3 Å². The summed E-state index contributed by atoms with van der Waals surface area (Å²) < 4.78 is 0. The van der Waals surface area contributed by atoms with Crippen molar-refractivity contribution in [3.8, 4) is 0 Å². The van der Waals surface area contributed by atoms with Crippen molar-refractivity contribution in [2.45, 2.75) is 60.0 Å². The van der Waals surface area contributed by atoms with Crippen molar-refractivity contribution in [1.29, 1.82) is 0 Å². The second-order valence-electron chi connectivity index (χ2n) is 6.70. The molecule has 0 saturated carbocycles. The fraction of sp³-hybridized carbons (Fsp3) is 0.750. The largest absolute Gasteiger partial charge is 0.342 e. The van der Waals surface area contributed by atoms with Crippen molar-refractivity contribution in [1.82, 2.24) is 10.2 Å². The van der Waals surface area contributed by atoms with Crippen LogP contribution in [0.25, 0.3) is 0 Å². The van der Waals surface area contributed by atoms with Gasteiger partial charge in [0.15, 0.2) is 0 Å². The van der Waals surface area contributed by atoms with Crippen LogP contribution in [0.5, 0.6) is 0 Å². The van der Waals surface area contributed by atoms with E-state index in [1.54, 1.807) is 4.90 Å². The molecule has 0 aliphatic carbocycles. The number of carbonyl (C=O) groups excluding carboxylic acids is 2. The lowest BCUT2D eigenvalue weighted by Gasteiger charge is -2.45. The van der Waals surface area contributed by atoms with Gasteiger partial charge in [-0.15, -0.1) is 0 Å². The van der Waals surface area contributed by atoms with Gasteiger partial charge in [0.1, 0.15) is 12.1 Å². The van der Waals surface area contributed by atoms with Crippen LogP contribution in [0.3, 0.4) is 0 Å². The number of piperazine rings is 1. The average molecular weight is 280 g/mol. The molecule has 0 bridgehead atoms. The van der Waals surface area contributed by atoms with Crippen molar-refractivity contribution in [2.24, 2.45) is 11.3 Å². The topological polar surface area (TPSA) is 49.4 Å². The lowest BCUT2D eigenvalue weighted by atomic mass is 9.81. The van der Waals surface area contributed by atoms with Gasteiger partial charge in [-0.25, -0.2) is 0 Å². The highest BCUT2D eigenvalue weighted by Gasteiger charge is 2.46. The van der Waals surface area contributed by atoms with Crippen LogP contribution in [-0.2, 0) is 9.59 Å². The zero-order chi connectivity index (χ0) is 15.5. The Morgan fingerprint density at radius 2 is 1.95 bits per heavy atom. The molecule has 1 saturated heterocycles. The first-order valence-electron chi connectivity index (χ1n) is 7.46. The van der Waals surface area contributed by atoms with Crippen LogP contribution in [0.15, 0.2) is 12.2 Å². The van der Waals surface area contributed by atoms with Gasteiger partial charge in [-0.3, -0.25) is 9.59 Å². The van der Waals surface area contributed by atoms with E-state index in [4.69, 9.17) is 0 Å². The summed E-state index contributed by atoms with van der Waals surface area (Å²) in [5.74, 6) is 0.157. The van der Waals surface area contributed by atoms with Crippen molar-refractivity contribution >= 4 is 11.8 Å². The van der Waals surface area contributed by atoms with Gasteiger partial charge in [-0.2, -0.15) is 0 Å². The molecule has 1 N–H and O–H groups in total. The third kappa shape index (κ3) is 3.41. The van der Waals surface area contributed by atoms with Gasteiger partial charge < -0.3 is 10.2 Å². The summed E-state index contributed by atoms with van der Waals surface area (Å²) in [4.78, 5) is 26.9. The van der Waals surface area contributed by atoms with Gasteiger partial charge in [0.2, 0.25) is 11.8 Å². The molecule has 3 atom stereocenters. The standard InChI is InChI=1S/C16H28N2O2/c1-7-9-10-18-13(16(4,5)6)14(19)17-12(15(18)20)11(3)8-2/h7,9,11-13H,8,10H2,1-6H3,(H,17,19)/b9-7+. The molecule has 0 spiro atoms. The van der Waals surface area contributed by atoms with E-state index in [-0.39, 0.29) is 23.1 Å². The number of nitrogens with zero attached hydrogens (tertiary/aromatic N) is 1. The minimum Gasteiger partial charge on any atom is -0.342 e. The number of nitrogens with one attached hydrogen (secondary N) is 1. The number of rotatable bonds is 4. The van der Waals surface area contributed by atoms with E-state index in [0.29, 0.717) is 6.54 Å². The Hall–Kier alpha value is -1.32. The molecular formula is C16H28N2O2. The Morgan fingerprint density at radius 3 is 2.40 bits per heavy atom. The molecule has 4 heteroatoms. The van der Waals surface area contributed by atoms with Crippen LogP contribution < -0.4 is 5.32 Å². The molecule has 0 aromatic carbocycles. The highest BCUT2D eigenvalue weighted by Crippen LogP contribution is 2.29. The first-order chi connectivity index (χ1) is 9.23. The van der Waals surface area contributed by atoms with Gasteiger partial charge in [0.25, 0.3) is 0 Å². The highest BCUT2D eigenvalue weighted by atomic mass is 16.2. The Morgan fingerprint density at radius 1 is 1.35 bits per heavy atom. The van der Waals surface area contributed by atoms with Crippen LogP contribution in [0.1, 0.15) is 48.0 Å². The summed E-state index contributed by atoms with van der Waals surface area (Å²) in [5.41, 5.74) is -0.276.